The molecule has 0 spiro atoms. The zero-order valence-electron chi connectivity index (χ0n) is 10.8. The number of thioether (sulfide) groups is 1. The Hall–Kier alpha value is -1.82. The molecule has 0 aliphatic heterocycles. The summed E-state index contributed by atoms with van der Waals surface area (Å²) in [5.74, 6) is 0.495. The Morgan fingerprint density at radius 1 is 1.42 bits per heavy atom. The molecule has 1 unspecified atom stereocenters. The van der Waals surface area contributed by atoms with Crippen LogP contribution in [0.15, 0.2) is 36.7 Å². The van der Waals surface area contributed by atoms with Crippen LogP contribution in [0, 0.1) is 0 Å². The minimum atomic E-state index is -0.299. The van der Waals surface area contributed by atoms with Gasteiger partial charge in [0.1, 0.15) is 6.10 Å². The number of carbonyl (C=O) groups is 1. The molecule has 2 rings (SSSR count). The van der Waals surface area contributed by atoms with Crippen molar-refractivity contribution in [2.45, 2.75) is 13.0 Å². The van der Waals surface area contributed by atoms with Crippen molar-refractivity contribution in [2.75, 3.05) is 12.0 Å². The van der Waals surface area contributed by atoms with Crippen LogP contribution in [0.2, 0.25) is 0 Å². The van der Waals surface area contributed by atoms with Crippen LogP contribution < -0.4 is 0 Å². The Morgan fingerprint density at radius 2 is 2.16 bits per heavy atom. The summed E-state index contributed by atoms with van der Waals surface area (Å²) in [4.78, 5) is 11.9. The Balaban J connectivity index is 2.04. The smallest absolute Gasteiger partial charge is 0.338 e. The van der Waals surface area contributed by atoms with E-state index in [0.717, 1.165) is 11.4 Å². The number of ether oxygens (including phenoxy) is 1. The van der Waals surface area contributed by atoms with E-state index >= 15 is 0 Å². The average molecular weight is 277 g/mol. The minimum Gasteiger partial charge on any atom is -0.458 e. The van der Waals surface area contributed by atoms with E-state index in [4.69, 9.17) is 4.74 Å². The second-order valence-corrected chi connectivity index (χ2v) is 4.98. The molecule has 19 heavy (non-hydrogen) atoms. The van der Waals surface area contributed by atoms with E-state index in [9.17, 15) is 4.79 Å². The van der Waals surface area contributed by atoms with Gasteiger partial charge in [0, 0.05) is 5.75 Å². The normalized spacial score (nSPS) is 12.1. The number of esters is 1. The summed E-state index contributed by atoms with van der Waals surface area (Å²) in [5.41, 5.74) is 1.39. The van der Waals surface area contributed by atoms with Crippen molar-refractivity contribution in [1.82, 2.24) is 15.0 Å². The van der Waals surface area contributed by atoms with Gasteiger partial charge in [-0.2, -0.15) is 11.8 Å². The van der Waals surface area contributed by atoms with Crippen LogP contribution in [0.1, 0.15) is 17.3 Å². The van der Waals surface area contributed by atoms with Gasteiger partial charge in [-0.1, -0.05) is 5.21 Å². The second kappa shape index (κ2) is 6.38. The lowest BCUT2D eigenvalue weighted by Gasteiger charge is -2.11. The van der Waals surface area contributed by atoms with Crippen molar-refractivity contribution in [1.29, 1.82) is 0 Å². The van der Waals surface area contributed by atoms with E-state index in [-0.39, 0.29) is 12.1 Å². The quantitative estimate of drug-likeness (QED) is 0.784. The van der Waals surface area contributed by atoms with Crippen molar-refractivity contribution in [3.8, 4) is 5.69 Å². The summed E-state index contributed by atoms with van der Waals surface area (Å²) in [6.07, 6.45) is 5.25. The maximum absolute atomic E-state index is 11.9. The van der Waals surface area contributed by atoms with Gasteiger partial charge < -0.3 is 4.74 Å². The monoisotopic (exact) mass is 277 g/mol. The summed E-state index contributed by atoms with van der Waals surface area (Å²) in [6.45, 7) is 1.89. The Morgan fingerprint density at radius 3 is 2.74 bits per heavy atom. The van der Waals surface area contributed by atoms with Crippen LogP contribution in [0.25, 0.3) is 5.69 Å². The Labute approximate surface area is 116 Å². The highest BCUT2D eigenvalue weighted by Crippen LogP contribution is 2.11. The number of nitrogens with zero attached hydrogens (tertiary/aromatic N) is 3. The van der Waals surface area contributed by atoms with Gasteiger partial charge in [0.05, 0.1) is 23.6 Å². The lowest BCUT2D eigenvalue weighted by Crippen LogP contribution is -2.17. The van der Waals surface area contributed by atoms with Crippen molar-refractivity contribution in [2.24, 2.45) is 0 Å². The van der Waals surface area contributed by atoms with Crippen LogP contribution in [0.5, 0.6) is 0 Å². The number of benzene rings is 1. The van der Waals surface area contributed by atoms with Crippen molar-refractivity contribution in [3.05, 3.63) is 42.2 Å². The molecular weight excluding hydrogens is 262 g/mol. The SMILES string of the molecule is CSCC(C)OC(=O)c1ccc(-n2ccnn2)cc1. The van der Waals surface area contributed by atoms with E-state index in [1.54, 1.807) is 41.0 Å². The summed E-state index contributed by atoms with van der Waals surface area (Å²) in [5, 5.41) is 7.62. The number of aromatic nitrogens is 3. The molecule has 1 aromatic heterocycles. The first-order chi connectivity index (χ1) is 9.20. The molecule has 6 heteroatoms. The highest BCUT2D eigenvalue weighted by molar-refractivity contribution is 7.98. The molecule has 0 aliphatic rings. The first kappa shape index (κ1) is 13.6. The minimum absolute atomic E-state index is 0.0857. The van der Waals surface area contributed by atoms with Crippen LogP contribution in [0.3, 0.4) is 0 Å². The molecule has 1 heterocycles. The average Bonchev–Trinajstić information content (AvgIpc) is 2.93. The topological polar surface area (TPSA) is 57.0 Å². The summed E-state index contributed by atoms with van der Waals surface area (Å²) < 4.78 is 6.94. The van der Waals surface area contributed by atoms with Crippen LogP contribution >= 0.6 is 11.8 Å². The number of hydrogen-bond donors (Lipinski definition) is 0. The number of hydrogen-bond acceptors (Lipinski definition) is 5. The molecule has 0 fully saturated rings. The molecule has 0 bridgehead atoms. The first-order valence-electron chi connectivity index (χ1n) is 5.87. The van der Waals surface area contributed by atoms with Crippen molar-refractivity contribution < 1.29 is 9.53 Å². The maximum atomic E-state index is 11.9. The fraction of sp³-hybridized carbons (Fsp3) is 0.308. The molecular formula is C13H15N3O2S. The predicted octanol–water partition coefficient (Wildman–Crippen LogP) is 2.18. The van der Waals surface area contributed by atoms with Crippen LogP contribution in [-0.2, 0) is 4.74 Å². The fourth-order valence-corrected chi connectivity index (χ4v) is 2.15. The third kappa shape index (κ3) is 3.57. The predicted molar refractivity (Wildman–Crippen MR) is 74.6 cm³/mol. The van der Waals surface area contributed by atoms with Crippen LogP contribution in [0.4, 0.5) is 0 Å². The van der Waals surface area contributed by atoms with Gasteiger partial charge in [0.15, 0.2) is 0 Å². The Bertz CT molecular complexity index is 525. The van der Waals surface area contributed by atoms with Crippen LogP contribution in [-0.4, -0.2) is 39.1 Å². The summed E-state index contributed by atoms with van der Waals surface area (Å²) in [7, 11) is 0. The van der Waals surface area contributed by atoms with Gasteiger partial charge in [-0.25, -0.2) is 9.48 Å². The highest BCUT2D eigenvalue weighted by atomic mass is 32.2. The number of carbonyl (C=O) groups excluding carboxylic acids is 1. The summed E-state index contributed by atoms with van der Waals surface area (Å²) >= 11 is 1.65. The van der Waals surface area contributed by atoms with Gasteiger partial charge in [-0.3, -0.25) is 0 Å². The number of rotatable bonds is 5. The lowest BCUT2D eigenvalue weighted by molar-refractivity contribution is 0.0386. The van der Waals surface area contributed by atoms with E-state index in [1.807, 2.05) is 25.3 Å². The fourth-order valence-electron chi connectivity index (χ4n) is 1.62. The molecule has 0 aliphatic carbocycles. The van der Waals surface area contributed by atoms with E-state index in [0.29, 0.717) is 5.56 Å². The van der Waals surface area contributed by atoms with Crippen molar-refractivity contribution >= 4 is 17.7 Å². The van der Waals surface area contributed by atoms with Gasteiger partial charge in [0.2, 0.25) is 0 Å². The molecule has 0 amide bonds. The second-order valence-electron chi connectivity index (χ2n) is 4.07. The molecule has 0 N–H and O–H groups in total. The molecule has 1 atom stereocenters. The largest absolute Gasteiger partial charge is 0.458 e. The molecule has 2 aromatic rings. The molecule has 0 saturated heterocycles. The molecule has 100 valence electrons. The Kier molecular flexibility index (Phi) is 4.57. The zero-order valence-corrected chi connectivity index (χ0v) is 11.6. The lowest BCUT2D eigenvalue weighted by atomic mass is 10.2. The molecule has 5 nitrogen and oxygen atoms in total. The van der Waals surface area contributed by atoms with Gasteiger partial charge in [-0.05, 0) is 37.4 Å². The third-order valence-electron chi connectivity index (χ3n) is 2.50. The van der Waals surface area contributed by atoms with E-state index in [1.165, 1.54) is 0 Å². The summed E-state index contributed by atoms with van der Waals surface area (Å²) in [6, 6.07) is 7.07. The molecule has 0 radical (unpaired) electrons. The highest BCUT2D eigenvalue weighted by Gasteiger charge is 2.11. The third-order valence-corrected chi connectivity index (χ3v) is 3.30. The zero-order chi connectivity index (χ0) is 13.7. The standard InChI is InChI=1S/C13H15N3O2S/c1-10(9-19-2)18-13(17)11-3-5-12(6-4-11)16-8-7-14-15-16/h3-8,10H,9H2,1-2H3. The van der Waals surface area contributed by atoms with Crippen molar-refractivity contribution in [3.63, 3.8) is 0 Å². The van der Waals surface area contributed by atoms with Gasteiger partial charge >= 0.3 is 5.97 Å². The maximum Gasteiger partial charge on any atom is 0.338 e. The van der Waals surface area contributed by atoms with Gasteiger partial charge in [0.25, 0.3) is 0 Å². The molecule has 1 aromatic carbocycles. The molecule has 0 saturated carbocycles. The first-order valence-corrected chi connectivity index (χ1v) is 7.27. The van der Waals surface area contributed by atoms with E-state index < -0.39 is 0 Å². The van der Waals surface area contributed by atoms with Gasteiger partial charge in [-0.15, -0.1) is 5.10 Å². The van der Waals surface area contributed by atoms with E-state index in [2.05, 4.69) is 10.3 Å².